The van der Waals surface area contributed by atoms with Crippen LogP contribution in [-0.2, 0) is 6.18 Å². The molecule has 156 valence electrons. The van der Waals surface area contributed by atoms with Gasteiger partial charge in [0.15, 0.2) is 0 Å². The lowest BCUT2D eigenvalue weighted by atomic mass is 9.82. The van der Waals surface area contributed by atoms with Gasteiger partial charge >= 0.3 is 6.18 Å². The van der Waals surface area contributed by atoms with Crippen LogP contribution >= 0.6 is 0 Å². The largest absolute Gasteiger partial charge is 0.492 e. The Hall–Kier alpha value is -3.05. The molecular weight excluding hydrogens is 393 g/mol. The molecule has 1 aromatic carbocycles. The summed E-state index contributed by atoms with van der Waals surface area (Å²) < 4.78 is 46.4. The van der Waals surface area contributed by atoms with Crippen molar-refractivity contribution < 1.29 is 17.9 Å². The van der Waals surface area contributed by atoms with Gasteiger partial charge in [0.05, 0.1) is 29.2 Å². The van der Waals surface area contributed by atoms with Crippen molar-refractivity contribution >= 4 is 11.0 Å². The number of nitrogens with one attached hydrogen (secondary N) is 2. The molecule has 1 saturated heterocycles. The number of halogens is 3. The minimum absolute atomic E-state index is 0.0369. The van der Waals surface area contributed by atoms with E-state index < -0.39 is 17.3 Å². The van der Waals surface area contributed by atoms with Crippen LogP contribution in [0.4, 0.5) is 13.2 Å². The van der Waals surface area contributed by atoms with Crippen LogP contribution in [0.2, 0.25) is 0 Å². The number of hydrogen-bond acceptors (Lipinski definition) is 4. The van der Waals surface area contributed by atoms with E-state index in [2.05, 4.69) is 22.2 Å². The van der Waals surface area contributed by atoms with Crippen molar-refractivity contribution in [2.75, 3.05) is 19.7 Å². The Labute approximate surface area is 171 Å². The average Bonchev–Trinajstić information content (AvgIpc) is 3.16. The first-order valence-corrected chi connectivity index (χ1v) is 9.72. The van der Waals surface area contributed by atoms with Crippen LogP contribution in [0.3, 0.4) is 0 Å². The highest BCUT2D eigenvalue weighted by Crippen LogP contribution is 2.39. The smallest absolute Gasteiger partial charge is 0.417 e. The summed E-state index contributed by atoms with van der Waals surface area (Å²) in [6.07, 6.45) is 0.604. The third-order valence-electron chi connectivity index (χ3n) is 5.68. The highest BCUT2D eigenvalue weighted by Gasteiger charge is 2.34. The van der Waals surface area contributed by atoms with E-state index in [0.29, 0.717) is 34.5 Å². The number of aromatic amines is 1. The standard InChI is InChI=1S/C22H21F3N4O/c1-21(5-8-27-9-6-21)13-30-18-4-7-28-20-19(18)16(12-29-20)14-2-3-15(11-26)17(10-14)22(23,24)25/h2-4,7,10,12,27H,5-6,8-9,13H2,1H3,(H,28,29). The number of alkyl halides is 3. The van der Waals surface area contributed by atoms with Crippen LogP contribution in [0.25, 0.3) is 22.2 Å². The molecule has 0 aliphatic carbocycles. The topological polar surface area (TPSA) is 73.7 Å². The molecule has 8 heteroatoms. The number of piperidine rings is 1. The molecule has 0 saturated carbocycles. The Morgan fingerprint density at radius 1 is 1.23 bits per heavy atom. The zero-order valence-corrected chi connectivity index (χ0v) is 16.4. The zero-order chi connectivity index (χ0) is 21.4. The van der Waals surface area contributed by atoms with Gasteiger partial charge in [-0.15, -0.1) is 0 Å². The van der Waals surface area contributed by atoms with Crippen LogP contribution in [0.1, 0.15) is 30.9 Å². The minimum Gasteiger partial charge on any atom is -0.492 e. The van der Waals surface area contributed by atoms with Gasteiger partial charge in [-0.25, -0.2) is 4.98 Å². The quantitative estimate of drug-likeness (QED) is 0.638. The minimum atomic E-state index is -4.62. The third kappa shape index (κ3) is 3.85. The highest BCUT2D eigenvalue weighted by atomic mass is 19.4. The van der Waals surface area contributed by atoms with E-state index in [0.717, 1.165) is 32.0 Å². The third-order valence-corrected chi connectivity index (χ3v) is 5.68. The van der Waals surface area contributed by atoms with Crippen molar-refractivity contribution in [3.63, 3.8) is 0 Å². The molecule has 0 unspecified atom stereocenters. The number of ether oxygens (including phenoxy) is 1. The maximum absolute atomic E-state index is 13.4. The van der Waals surface area contributed by atoms with Gasteiger partial charge in [-0.3, -0.25) is 0 Å². The normalized spacial score (nSPS) is 16.4. The van der Waals surface area contributed by atoms with E-state index >= 15 is 0 Å². The number of hydrogen-bond donors (Lipinski definition) is 2. The number of H-pyrrole nitrogens is 1. The second kappa shape index (κ2) is 7.65. The fourth-order valence-corrected chi connectivity index (χ4v) is 3.84. The van der Waals surface area contributed by atoms with Gasteiger partial charge in [0.2, 0.25) is 0 Å². The maximum atomic E-state index is 13.4. The number of benzene rings is 1. The summed E-state index contributed by atoms with van der Waals surface area (Å²) in [5.74, 6) is 0.578. The summed E-state index contributed by atoms with van der Waals surface area (Å²) in [6, 6.07) is 7.07. The van der Waals surface area contributed by atoms with Crippen LogP contribution in [0.5, 0.6) is 5.75 Å². The fourth-order valence-electron chi connectivity index (χ4n) is 3.84. The Morgan fingerprint density at radius 2 is 2.00 bits per heavy atom. The van der Waals surface area contributed by atoms with Gasteiger partial charge in [0.1, 0.15) is 11.4 Å². The molecule has 30 heavy (non-hydrogen) atoms. The SMILES string of the molecule is CC1(COc2ccnc3[nH]cc(-c4ccc(C#N)c(C(F)(F)F)c4)c23)CCNCC1. The van der Waals surface area contributed by atoms with E-state index in [1.54, 1.807) is 24.5 Å². The number of aromatic nitrogens is 2. The Morgan fingerprint density at radius 3 is 2.70 bits per heavy atom. The van der Waals surface area contributed by atoms with Crippen molar-refractivity contribution in [2.45, 2.75) is 25.9 Å². The zero-order valence-electron chi connectivity index (χ0n) is 16.4. The fraction of sp³-hybridized carbons (Fsp3) is 0.364. The van der Waals surface area contributed by atoms with Crippen LogP contribution < -0.4 is 10.1 Å². The Kier molecular flexibility index (Phi) is 5.16. The summed E-state index contributed by atoms with van der Waals surface area (Å²) in [6.45, 7) is 4.57. The number of rotatable bonds is 4. The molecule has 1 fully saturated rings. The summed E-state index contributed by atoms with van der Waals surface area (Å²) in [7, 11) is 0. The number of nitrogens with zero attached hydrogens (tertiary/aromatic N) is 2. The molecule has 2 aromatic heterocycles. The lowest BCUT2D eigenvalue weighted by molar-refractivity contribution is -0.137. The van der Waals surface area contributed by atoms with Gasteiger partial charge in [-0.2, -0.15) is 18.4 Å². The number of fused-ring (bicyclic) bond motifs is 1. The van der Waals surface area contributed by atoms with Crippen LogP contribution in [-0.4, -0.2) is 29.7 Å². The first kappa shape index (κ1) is 20.2. The summed E-state index contributed by atoms with van der Waals surface area (Å²) in [4.78, 5) is 7.30. The molecule has 1 aliphatic rings. The van der Waals surface area contributed by atoms with Gasteiger partial charge in [0.25, 0.3) is 0 Å². The highest BCUT2D eigenvalue weighted by molar-refractivity contribution is 5.98. The van der Waals surface area contributed by atoms with Crippen molar-refractivity contribution in [1.29, 1.82) is 5.26 Å². The molecule has 0 bridgehead atoms. The molecule has 3 aromatic rings. The van der Waals surface area contributed by atoms with E-state index in [-0.39, 0.29) is 5.41 Å². The van der Waals surface area contributed by atoms with E-state index in [9.17, 15) is 13.2 Å². The first-order valence-electron chi connectivity index (χ1n) is 9.72. The van der Waals surface area contributed by atoms with Crippen molar-refractivity contribution in [1.82, 2.24) is 15.3 Å². The summed E-state index contributed by atoms with van der Waals surface area (Å²) >= 11 is 0. The van der Waals surface area contributed by atoms with Crippen molar-refractivity contribution in [2.24, 2.45) is 5.41 Å². The lowest BCUT2D eigenvalue weighted by Gasteiger charge is -2.33. The second-order valence-electron chi connectivity index (χ2n) is 7.95. The molecule has 1 aliphatic heterocycles. The molecule has 0 radical (unpaired) electrons. The molecule has 3 heterocycles. The Bertz CT molecular complexity index is 1110. The molecule has 2 N–H and O–H groups in total. The molecule has 0 atom stereocenters. The lowest BCUT2D eigenvalue weighted by Crippen LogP contribution is -2.38. The monoisotopic (exact) mass is 414 g/mol. The first-order chi connectivity index (χ1) is 14.3. The molecule has 0 spiro atoms. The van der Waals surface area contributed by atoms with Gasteiger partial charge in [-0.1, -0.05) is 13.0 Å². The van der Waals surface area contributed by atoms with Gasteiger partial charge < -0.3 is 15.0 Å². The molecule has 4 rings (SSSR count). The predicted molar refractivity (Wildman–Crippen MR) is 107 cm³/mol. The van der Waals surface area contributed by atoms with Crippen molar-refractivity contribution in [3.8, 4) is 22.9 Å². The molecular formula is C22H21F3N4O. The maximum Gasteiger partial charge on any atom is 0.417 e. The van der Waals surface area contributed by atoms with Crippen LogP contribution in [0, 0.1) is 16.7 Å². The van der Waals surface area contributed by atoms with Gasteiger partial charge in [0, 0.05) is 23.4 Å². The average molecular weight is 414 g/mol. The Balaban J connectivity index is 1.74. The van der Waals surface area contributed by atoms with Crippen LogP contribution in [0.15, 0.2) is 36.7 Å². The number of nitriles is 1. The van der Waals surface area contributed by atoms with E-state index in [4.69, 9.17) is 10.00 Å². The molecule has 5 nitrogen and oxygen atoms in total. The van der Waals surface area contributed by atoms with E-state index in [1.165, 1.54) is 12.1 Å². The second-order valence-corrected chi connectivity index (χ2v) is 7.95. The summed E-state index contributed by atoms with van der Waals surface area (Å²) in [5, 5.41) is 13.0. The molecule has 0 amide bonds. The van der Waals surface area contributed by atoms with E-state index in [1.807, 2.05) is 0 Å². The number of pyridine rings is 1. The summed E-state index contributed by atoms with van der Waals surface area (Å²) in [5.41, 5.74) is 0.118. The van der Waals surface area contributed by atoms with Gasteiger partial charge in [-0.05, 0) is 49.7 Å². The van der Waals surface area contributed by atoms with Crippen molar-refractivity contribution in [3.05, 3.63) is 47.8 Å². The predicted octanol–water partition coefficient (Wildman–Crippen LogP) is 4.89.